The van der Waals surface area contributed by atoms with Gasteiger partial charge < -0.3 is 10.1 Å². The Morgan fingerprint density at radius 2 is 1.85 bits per heavy atom. The number of hydrogen-bond donors (Lipinski definition) is 1. The Labute approximate surface area is 162 Å². The van der Waals surface area contributed by atoms with Crippen molar-refractivity contribution in [3.63, 3.8) is 0 Å². The first-order valence-corrected chi connectivity index (χ1v) is 10.1. The highest BCUT2D eigenvalue weighted by atomic mass is 35.5. The fourth-order valence-electron chi connectivity index (χ4n) is 4.11. The molecule has 4 nitrogen and oxygen atoms in total. The minimum atomic E-state index is -0.545. The summed E-state index contributed by atoms with van der Waals surface area (Å²) in [6.07, 6.45) is 3.79. The van der Waals surface area contributed by atoms with Gasteiger partial charge in [-0.25, -0.2) is 0 Å². The minimum absolute atomic E-state index is 0.0992. The summed E-state index contributed by atoms with van der Waals surface area (Å²) in [5, 5.41) is 4.09. The molecule has 144 valence electrons. The lowest BCUT2D eigenvalue weighted by Crippen LogP contribution is -2.43. The number of hydrogen-bond acceptors (Lipinski definition) is 4. The highest BCUT2D eigenvalue weighted by Crippen LogP contribution is 2.44. The number of esters is 1. The summed E-state index contributed by atoms with van der Waals surface area (Å²) < 4.78 is 5.81. The predicted molar refractivity (Wildman–Crippen MR) is 106 cm³/mol. The molecule has 5 heteroatoms. The number of carbonyl (C=O) groups excluding carboxylic acids is 1. The lowest BCUT2D eigenvalue weighted by molar-refractivity contribution is -0.162. The standard InChI is InChI=1S/C21H31ClN2O2/c1-20(2,3)26-19(25)21(6-4-5-7-21)17-12-16(13-18(22)14-17)15-24-10-8-23-9-11-24/h12-14,23H,4-11,15H2,1-3H3. The minimum Gasteiger partial charge on any atom is -0.459 e. The van der Waals surface area contributed by atoms with Gasteiger partial charge in [0.25, 0.3) is 0 Å². The molecule has 1 saturated heterocycles. The Morgan fingerprint density at radius 1 is 1.19 bits per heavy atom. The van der Waals surface area contributed by atoms with E-state index in [0.717, 1.165) is 64.0 Å². The lowest BCUT2D eigenvalue weighted by atomic mass is 9.78. The van der Waals surface area contributed by atoms with Gasteiger partial charge in [0.05, 0.1) is 5.41 Å². The van der Waals surface area contributed by atoms with Crippen LogP contribution in [0.25, 0.3) is 0 Å². The molecule has 0 atom stereocenters. The molecule has 1 saturated carbocycles. The van der Waals surface area contributed by atoms with Crippen molar-refractivity contribution in [1.82, 2.24) is 10.2 Å². The van der Waals surface area contributed by atoms with Crippen LogP contribution in [0.4, 0.5) is 0 Å². The number of carbonyl (C=O) groups is 1. The van der Waals surface area contributed by atoms with Gasteiger partial charge in [-0.05, 0) is 56.9 Å². The van der Waals surface area contributed by atoms with Crippen LogP contribution in [-0.2, 0) is 21.5 Å². The van der Waals surface area contributed by atoms with E-state index in [1.807, 2.05) is 32.9 Å². The van der Waals surface area contributed by atoms with Crippen LogP contribution in [0.5, 0.6) is 0 Å². The maximum atomic E-state index is 13.1. The zero-order valence-electron chi connectivity index (χ0n) is 16.2. The predicted octanol–water partition coefficient (Wildman–Crippen LogP) is 3.90. The Morgan fingerprint density at radius 3 is 2.46 bits per heavy atom. The number of piperazine rings is 1. The first-order chi connectivity index (χ1) is 12.3. The molecule has 1 aliphatic carbocycles. The lowest BCUT2D eigenvalue weighted by Gasteiger charge is -2.32. The third kappa shape index (κ3) is 4.59. The normalized spacial score (nSPS) is 20.9. The van der Waals surface area contributed by atoms with Crippen molar-refractivity contribution in [2.45, 2.75) is 64.0 Å². The van der Waals surface area contributed by atoms with Gasteiger partial charge in [-0.3, -0.25) is 9.69 Å². The Kier molecular flexibility index (Phi) is 5.95. The molecular weight excluding hydrogens is 348 g/mol. The molecular formula is C21H31ClN2O2. The fraction of sp³-hybridized carbons (Fsp3) is 0.667. The molecule has 26 heavy (non-hydrogen) atoms. The van der Waals surface area contributed by atoms with E-state index >= 15 is 0 Å². The van der Waals surface area contributed by atoms with Crippen molar-refractivity contribution in [3.8, 4) is 0 Å². The molecule has 2 fully saturated rings. The maximum Gasteiger partial charge on any atom is 0.317 e. The van der Waals surface area contributed by atoms with Gasteiger partial charge in [-0.1, -0.05) is 30.5 Å². The number of ether oxygens (including phenoxy) is 1. The van der Waals surface area contributed by atoms with Crippen LogP contribution in [0.2, 0.25) is 5.02 Å². The largest absolute Gasteiger partial charge is 0.459 e. The summed E-state index contributed by atoms with van der Waals surface area (Å²) in [5.74, 6) is -0.0992. The first-order valence-electron chi connectivity index (χ1n) is 9.75. The van der Waals surface area contributed by atoms with Crippen molar-refractivity contribution in [1.29, 1.82) is 0 Å². The summed E-state index contributed by atoms with van der Waals surface area (Å²) in [4.78, 5) is 15.5. The van der Waals surface area contributed by atoms with Crippen molar-refractivity contribution in [2.24, 2.45) is 0 Å². The summed E-state index contributed by atoms with van der Waals surface area (Å²) in [7, 11) is 0. The van der Waals surface area contributed by atoms with Gasteiger partial charge in [0.2, 0.25) is 0 Å². The van der Waals surface area contributed by atoms with Gasteiger partial charge in [0, 0.05) is 37.7 Å². The molecule has 2 aliphatic rings. The molecule has 0 bridgehead atoms. The van der Waals surface area contributed by atoms with Crippen molar-refractivity contribution < 1.29 is 9.53 Å². The van der Waals surface area contributed by atoms with E-state index in [2.05, 4.69) is 16.3 Å². The van der Waals surface area contributed by atoms with E-state index in [4.69, 9.17) is 16.3 Å². The molecule has 1 aliphatic heterocycles. The molecule has 0 aromatic heterocycles. The fourth-order valence-corrected chi connectivity index (χ4v) is 4.37. The van der Waals surface area contributed by atoms with Crippen LogP contribution in [0.1, 0.15) is 57.6 Å². The molecule has 1 N–H and O–H groups in total. The maximum absolute atomic E-state index is 13.1. The van der Waals surface area contributed by atoms with Crippen molar-refractivity contribution in [3.05, 3.63) is 34.3 Å². The molecule has 1 aromatic carbocycles. The number of benzene rings is 1. The number of nitrogens with one attached hydrogen (secondary N) is 1. The van der Waals surface area contributed by atoms with E-state index in [0.29, 0.717) is 5.02 Å². The van der Waals surface area contributed by atoms with E-state index in [1.54, 1.807) is 0 Å². The molecule has 0 amide bonds. The van der Waals surface area contributed by atoms with Crippen LogP contribution in [0, 0.1) is 0 Å². The first kappa shape index (κ1) is 19.7. The molecule has 3 rings (SSSR count). The van der Waals surface area contributed by atoms with Gasteiger partial charge in [-0.2, -0.15) is 0 Å². The zero-order valence-corrected chi connectivity index (χ0v) is 17.0. The number of rotatable bonds is 4. The molecule has 0 spiro atoms. The van der Waals surface area contributed by atoms with E-state index in [9.17, 15) is 4.79 Å². The molecule has 1 heterocycles. The second-order valence-corrected chi connectivity index (χ2v) is 9.10. The smallest absolute Gasteiger partial charge is 0.317 e. The molecule has 0 radical (unpaired) electrons. The van der Waals surface area contributed by atoms with Crippen LogP contribution in [-0.4, -0.2) is 42.6 Å². The Hall–Kier alpha value is -1.10. The van der Waals surface area contributed by atoms with Crippen LogP contribution >= 0.6 is 11.6 Å². The SMILES string of the molecule is CC(C)(C)OC(=O)C1(c2cc(Cl)cc(CN3CCNCC3)c2)CCCC1. The highest BCUT2D eigenvalue weighted by Gasteiger charge is 2.45. The van der Waals surface area contributed by atoms with Gasteiger partial charge in [0.1, 0.15) is 5.60 Å². The van der Waals surface area contributed by atoms with E-state index in [-0.39, 0.29) is 5.97 Å². The van der Waals surface area contributed by atoms with Crippen LogP contribution in [0.15, 0.2) is 18.2 Å². The van der Waals surface area contributed by atoms with E-state index in [1.165, 1.54) is 5.56 Å². The Balaban J connectivity index is 1.88. The topological polar surface area (TPSA) is 41.6 Å². The average Bonchev–Trinajstić information content (AvgIpc) is 3.05. The second kappa shape index (κ2) is 7.87. The van der Waals surface area contributed by atoms with Crippen LogP contribution < -0.4 is 5.32 Å². The monoisotopic (exact) mass is 378 g/mol. The molecule has 0 unspecified atom stereocenters. The zero-order chi connectivity index (χ0) is 18.8. The number of nitrogens with zero attached hydrogens (tertiary/aromatic N) is 1. The second-order valence-electron chi connectivity index (χ2n) is 8.67. The van der Waals surface area contributed by atoms with E-state index < -0.39 is 11.0 Å². The third-order valence-electron chi connectivity index (χ3n) is 5.37. The summed E-state index contributed by atoms with van der Waals surface area (Å²) in [5.41, 5.74) is 1.19. The highest BCUT2D eigenvalue weighted by molar-refractivity contribution is 6.30. The molecule has 1 aromatic rings. The quantitative estimate of drug-likeness (QED) is 0.807. The van der Waals surface area contributed by atoms with Crippen LogP contribution in [0.3, 0.4) is 0 Å². The third-order valence-corrected chi connectivity index (χ3v) is 5.59. The van der Waals surface area contributed by atoms with Gasteiger partial charge in [0.15, 0.2) is 0 Å². The van der Waals surface area contributed by atoms with Gasteiger partial charge in [-0.15, -0.1) is 0 Å². The average molecular weight is 379 g/mol. The Bertz CT molecular complexity index is 642. The summed E-state index contributed by atoms with van der Waals surface area (Å²) in [6, 6.07) is 6.19. The summed E-state index contributed by atoms with van der Waals surface area (Å²) >= 11 is 6.46. The van der Waals surface area contributed by atoms with Crippen molar-refractivity contribution in [2.75, 3.05) is 26.2 Å². The van der Waals surface area contributed by atoms with Crippen molar-refractivity contribution >= 4 is 17.6 Å². The van der Waals surface area contributed by atoms with Gasteiger partial charge >= 0.3 is 5.97 Å². The number of halogens is 1. The summed E-state index contributed by atoms with van der Waals surface area (Å²) in [6.45, 7) is 10.8.